The molecule has 0 bridgehead atoms. The van der Waals surface area contributed by atoms with Gasteiger partial charge in [-0.2, -0.15) is 0 Å². The predicted molar refractivity (Wildman–Crippen MR) is 87.0 cm³/mol. The van der Waals surface area contributed by atoms with Crippen LogP contribution in [0.1, 0.15) is 35.2 Å². The zero-order valence-corrected chi connectivity index (χ0v) is 13.3. The maximum absolute atomic E-state index is 5.90. The lowest BCUT2D eigenvalue weighted by atomic mass is 10.1. The fourth-order valence-electron chi connectivity index (χ4n) is 2.26. The fraction of sp³-hybridized carbons (Fsp3) is 0.471. The Morgan fingerprint density at radius 3 is 3.00 bits per heavy atom. The highest BCUT2D eigenvalue weighted by Gasteiger charge is 2.20. The lowest BCUT2D eigenvalue weighted by Crippen LogP contribution is -2.14. The molecule has 4 heteroatoms. The first kappa shape index (κ1) is 14.5. The van der Waals surface area contributed by atoms with Gasteiger partial charge in [-0.15, -0.1) is 11.3 Å². The second-order valence-corrected chi connectivity index (χ2v) is 6.63. The van der Waals surface area contributed by atoms with Gasteiger partial charge in [0.25, 0.3) is 0 Å². The minimum absolute atomic E-state index is 0.694. The summed E-state index contributed by atoms with van der Waals surface area (Å²) in [6, 6.07) is 9.02. The average molecular weight is 302 g/mol. The highest BCUT2D eigenvalue weighted by atomic mass is 32.1. The van der Waals surface area contributed by atoms with Crippen molar-refractivity contribution in [2.45, 2.75) is 45.2 Å². The van der Waals surface area contributed by atoms with E-state index in [4.69, 9.17) is 4.74 Å². The minimum Gasteiger partial charge on any atom is -0.493 e. The zero-order valence-electron chi connectivity index (χ0n) is 12.5. The highest BCUT2D eigenvalue weighted by molar-refractivity contribution is 7.11. The quantitative estimate of drug-likeness (QED) is 0.809. The number of rotatable bonds is 8. The second-order valence-electron chi connectivity index (χ2n) is 5.44. The van der Waals surface area contributed by atoms with Crippen molar-refractivity contribution in [1.82, 2.24) is 10.3 Å². The Morgan fingerprint density at radius 2 is 2.19 bits per heavy atom. The number of aromatic nitrogens is 1. The topological polar surface area (TPSA) is 34.1 Å². The number of hydrogen-bond acceptors (Lipinski definition) is 4. The molecule has 21 heavy (non-hydrogen) atoms. The Balaban J connectivity index is 1.46. The summed E-state index contributed by atoms with van der Waals surface area (Å²) in [4.78, 5) is 5.81. The normalized spacial score (nSPS) is 14.3. The van der Waals surface area contributed by atoms with Gasteiger partial charge in [-0.25, -0.2) is 4.98 Å². The van der Waals surface area contributed by atoms with Gasteiger partial charge in [0.15, 0.2) is 0 Å². The first-order valence-corrected chi connectivity index (χ1v) is 8.54. The molecule has 3 nitrogen and oxygen atoms in total. The number of para-hydroxylation sites is 1. The number of aryl methyl sites for hydroxylation is 1. The molecular formula is C17H22N2OS. The van der Waals surface area contributed by atoms with Gasteiger partial charge in [-0.1, -0.05) is 25.1 Å². The summed E-state index contributed by atoms with van der Waals surface area (Å²) in [5.41, 5.74) is 1.27. The third-order valence-electron chi connectivity index (χ3n) is 3.67. The summed E-state index contributed by atoms with van der Waals surface area (Å²) in [7, 11) is 0. The molecule has 1 aromatic heterocycles. The van der Waals surface area contributed by atoms with Crippen molar-refractivity contribution in [3.8, 4) is 5.75 Å². The van der Waals surface area contributed by atoms with Crippen molar-refractivity contribution in [3.05, 3.63) is 45.9 Å². The maximum Gasteiger partial charge on any atom is 0.122 e. The Morgan fingerprint density at radius 1 is 1.33 bits per heavy atom. The summed E-state index contributed by atoms with van der Waals surface area (Å²) in [5, 5.41) is 4.69. The Bertz CT molecular complexity index is 578. The number of thiazole rings is 1. The maximum atomic E-state index is 5.90. The van der Waals surface area contributed by atoms with Crippen LogP contribution in [-0.2, 0) is 19.4 Å². The summed E-state index contributed by atoms with van der Waals surface area (Å²) in [6.07, 6.45) is 6.54. The summed E-state index contributed by atoms with van der Waals surface area (Å²) in [6.45, 7) is 3.81. The number of hydrogen-bond donors (Lipinski definition) is 1. The lowest BCUT2D eigenvalue weighted by molar-refractivity contribution is 0.318. The lowest BCUT2D eigenvalue weighted by Gasteiger charge is -2.09. The van der Waals surface area contributed by atoms with Crippen LogP contribution >= 0.6 is 11.3 Å². The van der Waals surface area contributed by atoms with Gasteiger partial charge in [0.05, 0.1) is 11.6 Å². The van der Waals surface area contributed by atoms with Crippen molar-refractivity contribution < 1.29 is 4.74 Å². The van der Waals surface area contributed by atoms with Crippen molar-refractivity contribution in [1.29, 1.82) is 0 Å². The second kappa shape index (κ2) is 7.05. The van der Waals surface area contributed by atoms with E-state index in [1.807, 2.05) is 18.3 Å². The average Bonchev–Trinajstić information content (AvgIpc) is 3.24. The third-order valence-corrected chi connectivity index (χ3v) is 4.73. The standard InChI is InChI=1S/C17H22N2OS/c1-2-13-5-3-4-6-16(13)20-10-9-17-19-12-15(21-17)11-18-14-7-8-14/h3-6,12,14,18H,2,7-11H2,1H3. The minimum atomic E-state index is 0.694. The molecule has 0 aliphatic heterocycles. The predicted octanol–water partition coefficient (Wildman–Crippen LogP) is 3.58. The molecule has 0 unspecified atom stereocenters. The molecule has 3 rings (SSSR count). The van der Waals surface area contributed by atoms with Gasteiger partial charge in [-0.05, 0) is 30.9 Å². The van der Waals surface area contributed by atoms with Crippen LogP contribution in [-0.4, -0.2) is 17.6 Å². The third kappa shape index (κ3) is 4.29. The van der Waals surface area contributed by atoms with E-state index in [-0.39, 0.29) is 0 Å². The molecule has 0 amide bonds. The molecule has 0 atom stereocenters. The molecule has 2 aromatic rings. The largest absolute Gasteiger partial charge is 0.493 e. The van der Waals surface area contributed by atoms with Crippen molar-refractivity contribution in [2.75, 3.05) is 6.61 Å². The van der Waals surface area contributed by atoms with Crippen LogP contribution < -0.4 is 10.1 Å². The summed E-state index contributed by atoms with van der Waals surface area (Å²) in [5.74, 6) is 1.01. The van der Waals surface area contributed by atoms with Crippen molar-refractivity contribution in [3.63, 3.8) is 0 Å². The fourth-order valence-corrected chi connectivity index (χ4v) is 3.12. The molecule has 112 valence electrons. The highest BCUT2D eigenvalue weighted by Crippen LogP contribution is 2.21. The molecule has 0 spiro atoms. The van der Waals surface area contributed by atoms with Gasteiger partial charge in [0.1, 0.15) is 5.75 Å². The van der Waals surface area contributed by atoms with E-state index >= 15 is 0 Å². The van der Waals surface area contributed by atoms with Crippen molar-refractivity contribution in [2.24, 2.45) is 0 Å². The van der Waals surface area contributed by atoms with Crippen LogP contribution in [0.4, 0.5) is 0 Å². The molecule has 1 aromatic carbocycles. The van der Waals surface area contributed by atoms with E-state index < -0.39 is 0 Å². The number of benzene rings is 1. The van der Waals surface area contributed by atoms with Crippen LogP contribution in [0.5, 0.6) is 5.75 Å². The van der Waals surface area contributed by atoms with Gasteiger partial charge >= 0.3 is 0 Å². The molecule has 1 N–H and O–H groups in total. The van der Waals surface area contributed by atoms with Gasteiger partial charge in [0, 0.05) is 30.1 Å². The molecule has 1 aliphatic carbocycles. The SMILES string of the molecule is CCc1ccccc1OCCc1ncc(CNC2CC2)s1. The van der Waals surface area contributed by atoms with Crippen LogP contribution in [0.25, 0.3) is 0 Å². The van der Waals surface area contributed by atoms with E-state index in [2.05, 4.69) is 29.4 Å². The molecule has 1 heterocycles. The first-order chi connectivity index (χ1) is 10.3. The van der Waals surface area contributed by atoms with E-state index in [0.29, 0.717) is 6.61 Å². The van der Waals surface area contributed by atoms with E-state index in [9.17, 15) is 0 Å². The van der Waals surface area contributed by atoms with E-state index in [0.717, 1.165) is 36.2 Å². The molecular weight excluding hydrogens is 280 g/mol. The number of nitrogens with one attached hydrogen (secondary N) is 1. The first-order valence-electron chi connectivity index (χ1n) is 7.73. The molecule has 1 fully saturated rings. The van der Waals surface area contributed by atoms with E-state index in [1.165, 1.54) is 23.3 Å². The van der Waals surface area contributed by atoms with Crippen LogP contribution in [0.2, 0.25) is 0 Å². The van der Waals surface area contributed by atoms with Gasteiger partial charge < -0.3 is 10.1 Å². The summed E-state index contributed by atoms with van der Waals surface area (Å²) >= 11 is 1.79. The number of ether oxygens (including phenoxy) is 1. The molecule has 1 aliphatic rings. The molecule has 1 saturated carbocycles. The van der Waals surface area contributed by atoms with Crippen LogP contribution in [0, 0.1) is 0 Å². The zero-order chi connectivity index (χ0) is 14.5. The molecule has 0 saturated heterocycles. The van der Waals surface area contributed by atoms with Gasteiger partial charge in [-0.3, -0.25) is 0 Å². The van der Waals surface area contributed by atoms with Gasteiger partial charge in [0.2, 0.25) is 0 Å². The summed E-state index contributed by atoms with van der Waals surface area (Å²) < 4.78 is 5.90. The molecule has 0 radical (unpaired) electrons. The number of nitrogens with zero attached hydrogens (tertiary/aromatic N) is 1. The Kier molecular flexibility index (Phi) is 4.88. The van der Waals surface area contributed by atoms with Crippen LogP contribution in [0.3, 0.4) is 0 Å². The van der Waals surface area contributed by atoms with Crippen LogP contribution in [0.15, 0.2) is 30.5 Å². The smallest absolute Gasteiger partial charge is 0.122 e. The monoisotopic (exact) mass is 302 g/mol. The van der Waals surface area contributed by atoms with E-state index in [1.54, 1.807) is 11.3 Å². The van der Waals surface area contributed by atoms with Crippen molar-refractivity contribution >= 4 is 11.3 Å². The Hall–Kier alpha value is -1.39. The Labute approximate surface area is 130 Å².